The van der Waals surface area contributed by atoms with Gasteiger partial charge in [0.15, 0.2) is 0 Å². The number of aliphatic imine (C=N–C) groups is 1. The molecule has 0 bridgehead atoms. The van der Waals surface area contributed by atoms with Gasteiger partial charge in [-0.15, -0.1) is 0 Å². The summed E-state index contributed by atoms with van der Waals surface area (Å²) in [7, 11) is 0. The molecule has 0 aliphatic carbocycles. The fourth-order valence-corrected chi connectivity index (χ4v) is 2.61. The van der Waals surface area contributed by atoms with Crippen LogP contribution in [0.1, 0.15) is 23.1 Å². The standard InChI is InChI=1S/C17H14F3N3O/c1-9-5-14-15(7-12(9)17(18,19)20)23-16(24)8-13(22-14)10-3-2-4-11(21)6-10/h2-7H,8,21H2,1H3,(H,23,24). The van der Waals surface area contributed by atoms with Gasteiger partial charge in [-0.05, 0) is 42.3 Å². The average molecular weight is 333 g/mol. The molecule has 0 unspecified atom stereocenters. The number of alkyl halides is 3. The van der Waals surface area contributed by atoms with Crippen LogP contribution in [0.15, 0.2) is 41.4 Å². The molecule has 3 N–H and O–H groups in total. The normalized spacial score (nSPS) is 14.5. The number of amides is 1. The second kappa shape index (κ2) is 5.67. The van der Waals surface area contributed by atoms with Crippen molar-refractivity contribution in [3.63, 3.8) is 0 Å². The molecule has 7 heteroatoms. The summed E-state index contributed by atoms with van der Waals surface area (Å²) in [4.78, 5) is 16.5. The van der Waals surface area contributed by atoms with Crippen molar-refractivity contribution in [3.8, 4) is 0 Å². The van der Waals surface area contributed by atoms with E-state index >= 15 is 0 Å². The zero-order chi connectivity index (χ0) is 17.5. The number of hydrogen-bond donors (Lipinski definition) is 2. The first-order chi connectivity index (χ1) is 11.2. The van der Waals surface area contributed by atoms with Crippen LogP contribution in [-0.4, -0.2) is 11.6 Å². The summed E-state index contributed by atoms with van der Waals surface area (Å²) in [6.07, 6.45) is -4.53. The first-order valence-corrected chi connectivity index (χ1v) is 7.19. The third-order valence-corrected chi connectivity index (χ3v) is 3.73. The van der Waals surface area contributed by atoms with E-state index in [9.17, 15) is 18.0 Å². The van der Waals surface area contributed by atoms with Gasteiger partial charge in [-0.1, -0.05) is 12.1 Å². The van der Waals surface area contributed by atoms with Gasteiger partial charge in [0.2, 0.25) is 5.91 Å². The molecule has 0 spiro atoms. The number of carbonyl (C=O) groups is 1. The molecule has 0 aromatic heterocycles. The molecule has 2 aromatic carbocycles. The second-order valence-corrected chi connectivity index (χ2v) is 5.59. The van der Waals surface area contributed by atoms with Crippen LogP contribution in [0, 0.1) is 6.92 Å². The molecule has 0 radical (unpaired) electrons. The molecule has 1 aliphatic rings. The van der Waals surface area contributed by atoms with Crippen LogP contribution in [0.2, 0.25) is 0 Å². The van der Waals surface area contributed by atoms with E-state index in [0.717, 1.165) is 6.07 Å². The van der Waals surface area contributed by atoms with Crippen molar-refractivity contribution in [2.75, 3.05) is 11.1 Å². The highest BCUT2D eigenvalue weighted by molar-refractivity contribution is 6.17. The third-order valence-electron chi connectivity index (χ3n) is 3.73. The molecule has 124 valence electrons. The predicted molar refractivity (Wildman–Crippen MR) is 86.5 cm³/mol. The van der Waals surface area contributed by atoms with Crippen molar-refractivity contribution in [3.05, 3.63) is 53.1 Å². The molecule has 1 aliphatic heterocycles. The number of hydrogen-bond acceptors (Lipinski definition) is 3. The monoisotopic (exact) mass is 333 g/mol. The summed E-state index contributed by atoms with van der Waals surface area (Å²) in [5, 5.41) is 2.49. The van der Waals surface area contributed by atoms with Gasteiger partial charge in [0.25, 0.3) is 0 Å². The van der Waals surface area contributed by atoms with E-state index in [4.69, 9.17) is 5.73 Å². The fourth-order valence-electron chi connectivity index (χ4n) is 2.61. The van der Waals surface area contributed by atoms with Crippen molar-refractivity contribution in [2.24, 2.45) is 4.99 Å². The fraction of sp³-hybridized carbons (Fsp3) is 0.176. The van der Waals surface area contributed by atoms with Gasteiger partial charge < -0.3 is 11.1 Å². The average Bonchev–Trinajstić information content (AvgIpc) is 2.63. The van der Waals surface area contributed by atoms with Gasteiger partial charge in [0.05, 0.1) is 29.1 Å². The lowest BCUT2D eigenvalue weighted by atomic mass is 10.1. The van der Waals surface area contributed by atoms with Crippen molar-refractivity contribution in [1.29, 1.82) is 0 Å². The Hall–Kier alpha value is -2.83. The van der Waals surface area contributed by atoms with Crippen LogP contribution >= 0.6 is 0 Å². The number of rotatable bonds is 1. The van der Waals surface area contributed by atoms with Crippen LogP contribution in [0.4, 0.5) is 30.2 Å². The predicted octanol–water partition coefficient (Wildman–Crippen LogP) is 4.06. The van der Waals surface area contributed by atoms with Crippen molar-refractivity contribution in [2.45, 2.75) is 19.5 Å². The summed E-state index contributed by atoms with van der Waals surface area (Å²) in [5.74, 6) is -0.424. The lowest BCUT2D eigenvalue weighted by Gasteiger charge is -2.13. The molecule has 3 rings (SSSR count). The molecule has 4 nitrogen and oxygen atoms in total. The van der Waals surface area contributed by atoms with Crippen molar-refractivity contribution >= 4 is 28.7 Å². The largest absolute Gasteiger partial charge is 0.416 e. The summed E-state index contributed by atoms with van der Waals surface area (Å²) >= 11 is 0. The smallest absolute Gasteiger partial charge is 0.399 e. The minimum Gasteiger partial charge on any atom is -0.399 e. The molecule has 1 heterocycles. The van der Waals surface area contributed by atoms with E-state index in [1.165, 1.54) is 13.0 Å². The number of nitrogens with one attached hydrogen (secondary N) is 1. The molecular weight excluding hydrogens is 319 g/mol. The van der Waals surface area contributed by atoms with Gasteiger partial charge in [-0.3, -0.25) is 9.79 Å². The topological polar surface area (TPSA) is 67.5 Å². The van der Waals surface area contributed by atoms with Crippen LogP contribution in [0.25, 0.3) is 0 Å². The minimum atomic E-state index is -4.49. The van der Waals surface area contributed by atoms with Crippen LogP contribution in [0.5, 0.6) is 0 Å². The Balaban J connectivity index is 2.14. The maximum absolute atomic E-state index is 13.0. The van der Waals surface area contributed by atoms with Gasteiger partial charge in [-0.2, -0.15) is 13.2 Å². The van der Waals surface area contributed by atoms with E-state index in [0.29, 0.717) is 22.6 Å². The number of nitrogens with two attached hydrogens (primary N) is 1. The number of fused-ring (bicyclic) bond motifs is 1. The van der Waals surface area contributed by atoms with E-state index in [-0.39, 0.29) is 17.7 Å². The Labute approximate surface area is 136 Å². The summed E-state index contributed by atoms with van der Waals surface area (Å²) in [6, 6.07) is 9.12. The minimum absolute atomic E-state index is 0.0431. The Kier molecular flexibility index (Phi) is 3.79. The maximum atomic E-state index is 13.0. The maximum Gasteiger partial charge on any atom is 0.416 e. The number of benzene rings is 2. The molecule has 2 aromatic rings. The number of halogens is 3. The highest BCUT2D eigenvalue weighted by Crippen LogP contribution is 2.39. The summed E-state index contributed by atoms with van der Waals surface area (Å²) < 4.78 is 39.1. The van der Waals surface area contributed by atoms with Crippen molar-refractivity contribution in [1.82, 2.24) is 0 Å². The highest BCUT2D eigenvalue weighted by Gasteiger charge is 2.33. The van der Waals surface area contributed by atoms with Gasteiger partial charge in [0.1, 0.15) is 0 Å². The zero-order valence-electron chi connectivity index (χ0n) is 12.7. The first kappa shape index (κ1) is 16.0. The Morgan fingerprint density at radius 1 is 1.21 bits per heavy atom. The van der Waals surface area contributed by atoms with Gasteiger partial charge in [-0.25, -0.2) is 0 Å². The molecule has 0 saturated heterocycles. The van der Waals surface area contributed by atoms with E-state index in [1.54, 1.807) is 24.3 Å². The number of aryl methyl sites for hydroxylation is 1. The van der Waals surface area contributed by atoms with Crippen molar-refractivity contribution < 1.29 is 18.0 Å². The van der Waals surface area contributed by atoms with Gasteiger partial charge >= 0.3 is 6.18 Å². The van der Waals surface area contributed by atoms with E-state index in [1.807, 2.05) is 0 Å². The highest BCUT2D eigenvalue weighted by atomic mass is 19.4. The Morgan fingerprint density at radius 2 is 1.96 bits per heavy atom. The van der Waals surface area contributed by atoms with E-state index in [2.05, 4.69) is 10.3 Å². The second-order valence-electron chi connectivity index (χ2n) is 5.59. The zero-order valence-corrected chi connectivity index (χ0v) is 12.7. The van der Waals surface area contributed by atoms with Crippen LogP contribution in [-0.2, 0) is 11.0 Å². The summed E-state index contributed by atoms with van der Waals surface area (Å²) in [6.45, 7) is 1.37. The quantitative estimate of drug-likeness (QED) is 0.773. The SMILES string of the molecule is Cc1cc2c(cc1C(F)(F)F)NC(=O)CC(c1cccc(N)c1)=N2. The number of nitrogen functional groups attached to an aromatic ring is 1. The molecule has 24 heavy (non-hydrogen) atoms. The number of nitrogens with zero attached hydrogens (tertiary/aromatic N) is 1. The first-order valence-electron chi connectivity index (χ1n) is 7.19. The molecule has 0 atom stereocenters. The molecule has 1 amide bonds. The summed E-state index contributed by atoms with van der Waals surface area (Å²) in [5.41, 5.74) is 6.99. The number of carbonyl (C=O) groups excluding carboxylic acids is 1. The molecule has 0 fully saturated rings. The van der Waals surface area contributed by atoms with Crippen LogP contribution in [0.3, 0.4) is 0 Å². The Morgan fingerprint density at radius 3 is 2.62 bits per heavy atom. The third kappa shape index (κ3) is 3.10. The number of anilines is 2. The lowest BCUT2D eigenvalue weighted by molar-refractivity contribution is -0.138. The molecule has 0 saturated carbocycles. The Bertz CT molecular complexity index is 857. The molecular formula is C17H14F3N3O. The van der Waals surface area contributed by atoms with Gasteiger partial charge in [0, 0.05) is 5.69 Å². The lowest BCUT2D eigenvalue weighted by Crippen LogP contribution is -2.15. The van der Waals surface area contributed by atoms with Crippen LogP contribution < -0.4 is 11.1 Å². The van der Waals surface area contributed by atoms with E-state index < -0.39 is 17.6 Å².